The number of morpholine rings is 1. The minimum absolute atomic E-state index is 0.0297. The number of benzene rings is 1. The van der Waals surface area contributed by atoms with E-state index in [0.717, 1.165) is 17.8 Å². The van der Waals surface area contributed by atoms with Crippen LogP contribution in [-0.2, 0) is 9.53 Å². The van der Waals surface area contributed by atoms with Gasteiger partial charge in [0.1, 0.15) is 0 Å². The lowest BCUT2D eigenvalue weighted by atomic mass is 10.2. The van der Waals surface area contributed by atoms with Gasteiger partial charge in [-0.2, -0.15) is 0 Å². The third-order valence-electron chi connectivity index (χ3n) is 2.89. The van der Waals surface area contributed by atoms with Crippen LogP contribution in [-0.4, -0.2) is 31.7 Å². The molecule has 1 fully saturated rings. The van der Waals surface area contributed by atoms with Crippen LogP contribution in [0.5, 0.6) is 0 Å². The van der Waals surface area contributed by atoms with Crippen molar-refractivity contribution in [3.05, 3.63) is 28.8 Å². The van der Waals surface area contributed by atoms with Crippen molar-refractivity contribution in [2.24, 2.45) is 0 Å². The van der Waals surface area contributed by atoms with Gasteiger partial charge in [-0.25, -0.2) is 0 Å². The molecular formula is C13H17ClN2O2. The lowest BCUT2D eigenvalue weighted by molar-refractivity contribution is -0.117. The van der Waals surface area contributed by atoms with Crippen LogP contribution in [0.1, 0.15) is 12.0 Å². The van der Waals surface area contributed by atoms with Gasteiger partial charge in [-0.05, 0) is 24.6 Å². The number of halogens is 1. The molecule has 1 aliphatic rings. The van der Waals surface area contributed by atoms with E-state index >= 15 is 0 Å². The summed E-state index contributed by atoms with van der Waals surface area (Å²) < 4.78 is 5.30. The number of nitrogens with one attached hydrogen (secondary N) is 2. The topological polar surface area (TPSA) is 50.4 Å². The van der Waals surface area contributed by atoms with Crippen molar-refractivity contribution in [1.29, 1.82) is 0 Å². The average Bonchev–Trinajstić information content (AvgIpc) is 2.35. The van der Waals surface area contributed by atoms with E-state index in [1.54, 1.807) is 6.07 Å². The van der Waals surface area contributed by atoms with E-state index in [1.165, 1.54) is 0 Å². The lowest BCUT2D eigenvalue weighted by Gasteiger charge is -2.23. The van der Waals surface area contributed by atoms with Crippen LogP contribution in [0.15, 0.2) is 18.2 Å². The summed E-state index contributed by atoms with van der Waals surface area (Å²) in [5, 5.41) is 6.74. The summed E-state index contributed by atoms with van der Waals surface area (Å²) in [7, 11) is 0. The maximum atomic E-state index is 11.8. The maximum Gasteiger partial charge on any atom is 0.226 e. The fourth-order valence-corrected chi connectivity index (χ4v) is 2.04. The molecule has 4 nitrogen and oxygen atoms in total. The molecule has 1 amide bonds. The highest BCUT2D eigenvalue weighted by molar-refractivity contribution is 6.31. The Labute approximate surface area is 112 Å². The van der Waals surface area contributed by atoms with Crippen LogP contribution in [0.3, 0.4) is 0 Å². The van der Waals surface area contributed by atoms with Crippen LogP contribution < -0.4 is 10.6 Å². The first-order chi connectivity index (χ1) is 8.65. The Hall–Kier alpha value is -1.10. The number of rotatable bonds is 3. The molecule has 1 saturated heterocycles. The molecule has 1 unspecified atom stereocenters. The predicted molar refractivity (Wildman–Crippen MR) is 72.0 cm³/mol. The van der Waals surface area contributed by atoms with Gasteiger partial charge >= 0.3 is 0 Å². The number of aryl methyl sites for hydroxylation is 1. The van der Waals surface area contributed by atoms with E-state index in [-0.39, 0.29) is 11.9 Å². The molecular weight excluding hydrogens is 252 g/mol. The van der Waals surface area contributed by atoms with Gasteiger partial charge in [0.15, 0.2) is 0 Å². The summed E-state index contributed by atoms with van der Waals surface area (Å²) >= 11 is 6.01. The first-order valence-corrected chi connectivity index (χ1v) is 6.40. The van der Waals surface area contributed by atoms with E-state index in [1.807, 2.05) is 19.1 Å². The number of amides is 1. The van der Waals surface area contributed by atoms with Crippen molar-refractivity contribution < 1.29 is 9.53 Å². The molecule has 0 bridgehead atoms. The molecule has 1 aromatic carbocycles. The van der Waals surface area contributed by atoms with Crippen molar-refractivity contribution in [2.75, 3.05) is 25.1 Å². The van der Waals surface area contributed by atoms with Crippen LogP contribution in [0.25, 0.3) is 0 Å². The fraction of sp³-hybridized carbons (Fsp3) is 0.462. The van der Waals surface area contributed by atoms with E-state index in [9.17, 15) is 4.79 Å². The van der Waals surface area contributed by atoms with Crippen molar-refractivity contribution in [3.63, 3.8) is 0 Å². The van der Waals surface area contributed by atoms with Gasteiger partial charge in [0.25, 0.3) is 0 Å². The molecule has 0 aromatic heterocycles. The van der Waals surface area contributed by atoms with Gasteiger partial charge in [-0.1, -0.05) is 17.7 Å². The second-order valence-electron chi connectivity index (χ2n) is 4.44. The number of carbonyl (C=O) groups is 1. The third kappa shape index (κ3) is 3.70. The standard InChI is InChI=1S/C13H17ClN2O2/c1-9-2-3-10(6-12(9)14)16-13(17)7-11-8-18-5-4-15-11/h2-3,6,11,15H,4-5,7-8H2,1H3,(H,16,17). The lowest BCUT2D eigenvalue weighted by Crippen LogP contribution is -2.43. The Morgan fingerprint density at radius 3 is 3.11 bits per heavy atom. The van der Waals surface area contributed by atoms with Gasteiger partial charge < -0.3 is 15.4 Å². The molecule has 0 saturated carbocycles. The molecule has 0 radical (unpaired) electrons. The molecule has 5 heteroatoms. The Balaban J connectivity index is 1.88. The fourth-order valence-electron chi connectivity index (χ4n) is 1.86. The molecule has 1 aromatic rings. The van der Waals surface area contributed by atoms with Crippen molar-refractivity contribution >= 4 is 23.2 Å². The summed E-state index contributed by atoms with van der Waals surface area (Å²) in [4.78, 5) is 11.8. The largest absolute Gasteiger partial charge is 0.378 e. The van der Waals surface area contributed by atoms with Crippen LogP contribution >= 0.6 is 11.6 Å². The number of ether oxygens (including phenoxy) is 1. The second kappa shape index (κ2) is 6.18. The molecule has 0 aliphatic carbocycles. The SMILES string of the molecule is Cc1ccc(NC(=O)CC2COCCN2)cc1Cl. The predicted octanol–water partition coefficient (Wildman–Crippen LogP) is 1.97. The van der Waals surface area contributed by atoms with E-state index < -0.39 is 0 Å². The van der Waals surface area contributed by atoms with Crippen molar-refractivity contribution in [3.8, 4) is 0 Å². The zero-order valence-corrected chi connectivity index (χ0v) is 11.1. The van der Waals surface area contributed by atoms with Gasteiger partial charge in [-0.15, -0.1) is 0 Å². The minimum Gasteiger partial charge on any atom is -0.378 e. The number of anilines is 1. The van der Waals surface area contributed by atoms with E-state index in [2.05, 4.69) is 10.6 Å². The highest BCUT2D eigenvalue weighted by Gasteiger charge is 2.16. The molecule has 1 aliphatic heterocycles. The van der Waals surface area contributed by atoms with Crippen molar-refractivity contribution in [2.45, 2.75) is 19.4 Å². The Morgan fingerprint density at radius 1 is 1.61 bits per heavy atom. The highest BCUT2D eigenvalue weighted by atomic mass is 35.5. The Morgan fingerprint density at radius 2 is 2.44 bits per heavy atom. The zero-order valence-electron chi connectivity index (χ0n) is 10.3. The molecule has 98 valence electrons. The second-order valence-corrected chi connectivity index (χ2v) is 4.85. The summed E-state index contributed by atoms with van der Waals surface area (Å²) in [5.41, 5.74) is 1.73. The highest BCUT2D eigenvalue weighted by Crippen LogP contribution is 2.20. The smallest absolute Gasteiger partial charge is 0.226 e. The first-order valence-electron chi connectivity index (χ1n) is 6.02. The Kier molecular flexibility index (Phi) is 4.58. The van der Waals surface area contributed by atoms with E-state index in [0.29, 0.717) is 24.7 Å². The maximum absolute atomic E-state index is 11.8. The molecule has 1 atom stereocenters. The zero-order chi connectivity index (χ0) is 13.0. The van der Waals surface area contributed by atoms with Crippen molar-refractivity contribution in [1.82, 2.24) is 5.32 Å². The monoisotopic (exact) mass is 268 g/mol. The molecule has 2 N–H and O–H groups in total. The molecule has 18 heavy (non-hydrogen) atoms. The Bertz CT molecular complexity index is 431. The first kappa shape index (κ1) is 13.3. The number of carbonyl (C=O) groups excluding carboxylic acids is 1. The quantitative estimate of drug-likeness (QED) is 0.881. The summed E-state index contributed by atoms with van der Waals surface area (Å²) in [5.74, 6) is -0.0297. The molecule has 2 rings (SSSR count). The summed E-state index contributed by atoms with van der Waals surface area (Å²) in [6.45, 7) is 4.03. The molecule has 0 spiro atoms. The number of hydrogen-bond acceptors (Lipinski definition) is 3. The van der Waals surface area contributed by atoms with Crippen LogP contribution in [0.2, 0.25) is 5.02 Å². The van der Waals surface area contributed by atoms with E-state index in [4.69, 9.17) is 16.3 Å². The normalized spacial score (nSPS) is 19.6. The third-order valence-corrected chi connectivity index (χ3v) is 3.29. The van der Waals surface area contributed by atoms with Gasteiger partial charge in [-0.3, -0.25) is 4.79 Å². The summed E-state index contributed by atoms with van der Waals surface area (Å²) in [6.07, 6.45) is 0.408. The van der Waals surface area contributed by atoms with Gasteiger partial charge in [0, 0.05) is 29.7 Å². The molecule has 1 heterocycles. The van der Waals surface area contributed by atoms with Crippen LogP contribution in [0, 0.1) is 6.92 Å². The minimum atomic E-state index is -0.0297. The van der Waals surface area contributed by atoms with Gasteiger partial charge in [0.05, 0.1) is 13.2 Å². The summed E-state index contributed by atoms with van der Waals surface area (Å²) in [6, 6.07) is 5.60. The average molecular weight is 269 g/mol. The van der Waals surface area contributed by atoms with Gasteiger partial charge in [0.2, 0.25) is 5.91 Å². The number of hydrogen-bond donors (Lipinski definition) is 2. The van der Waals surface area contributed by atoms with Crippen LogP contribution in [0.4, 0.5) is 5.69 Å².